The van der Waals surface area contributed by atoms with E-state index >= 15 is 0 Å². The lowest BCUT2D eigenvalue weighted by Crippen LogP contribution is -2.34. The lowest BCUT2D eigenvalue weighted by Gasteiger charge is -2.05. The average Bonchev–Trinajstić information content (AvgIpc) is 3.41. The normalized spacial score (nSPS) is 10.5. The summed E-state index contributed by atoms with van der Waals surface area (Å²) in [6.07, 6.45) is 1.36. The summed E-state index contributed by atoms with van der Waals surface area (Å²) in [5.41, 5.74) is -0.0983. The lowest BCUT2D eigenvalue weighted by atomic mass is 10.2. The fraction of sp³-hybridized carbons (Fsp3) is 0.188. The highest BCUT2D eigenvalue weighted by molar-refractivity contribution is 5.94. The van der Waals surface area contributed by atoms with Gasteiger partial charge in [0.2, 0.25) is 0 Å². The number of benzene rings is 1. The van der Waals surface area contributed by atoms with Crippen LogP contribution in [0.25, 0.3) is 0 Å². The molecule has 0 aliphatic carbocycles. The second-order valence-electron chi connectivity index (χ2n) is 5.96. The zero-order valence-corrected chi connectivity index (χ0v) is 15.6. The number of amides is 2. The smallest absolute Gasteiger partial charge is 0.358 e. The van der Waals surface area contributed by atoms with Crippen molar-refractivity contribution in [1.82, 2.24) is 30.6 Å². The summed E-state index contributed by atoms with van der Waals surface area (Å²) in [6.45, 7) is 0.0394. The number of hydrogen-bond acceptors (Lipinski definition) is 10. The molecule has 0 saturated carbocycles. The van der Waals surface area contributed by atoms with Gasteiger partial charge < -0.3 is 25.3 Å². The van der Waals surface area contributed by atoms with Crippen molar-refractivity contribution in [3.05, 3.63) is 74.0 Å². The van der Waals surface area contributed by atoms with Crippen molar-refractivity contribution in [3.8, 4) is 0 Å². The van der Waals surface area contributed by atoms with Gasteiger partial charge in [-0.25, -0.2) is 0 Å². The van der Waals surface area contributed by atoms with Gasteiger partial charge in [0.1, 0.15) is 6.54 Å². The van der Waals surface area contributed by atoms with Gasteiger partial charge >= 0.3 is 17.6 Å². The topological polar surface area (TPSA) is 201 Å². The lowest BCUT2D eigenvalue weighted by molar-refractivity contribution is -0.389. The maximum Gasteiger partial charge on any atom is 0.389 e. The molecule has 3 aromatic rings. The van der Waals surface area contributed by atoms with Gasteiger partial charge in [-0.3, -0.25) is 19.7 Å². The molecule has 3 rings (SSSR count). The van der Waals surface area contributed by atoms with E-state index in [1.807, 2.05) is 0 Å². The molecule has 160 valence electrons. The Morgan fingerprint density at radius 2 is 1.81 bits per heavy atom. The van der Waals surface area contributed by atoms with E-state index in [2.05, 4.69) is 25.9 Å². The molecule has 15 nitrogen and oxygen atoms in total. The minimum Gasteiger partial charge on any atom is -0.358 e. The Morgan fingerprint density at radius 1 is 1.06 bits per heavy atom. The number of carbonyl (C=O) groups excluding carboxylic acids is 2. The molecule has 0 aliphatic heterocycles. The number of carbonyl (C=O) groups is 2. The predicted octanol–water partition coefficient (Wildman–Crippen LogP) is 0.291. The highest BCUT2D eigenvalue weighted by Gasteiger charge is 2.18. The van der Waals surface area contributed by atoms with Crippen LogP contribution in [0.3, 0.4) is 0 Å². The van der Waals surface area contributed by atoms with E-state index in [1.54, 1.807) is 0 Å². The molecule has 0 atom stereocenters. The van der Waals surface area contributed by atoms with Crippen LogP contribution in [0.4, 0.5) is 11.5 Å². The van der Waals surface area contributed by atoms with Gasteiger partial charge in [-0.05, 0) is 11.0 Å². The Bertz CT molecular complexity index is 1140. The highest BCUT2D eigenvalue weighted by atomic mass is 16.6. The number of nitrogens with one attached hydrogen (secondary N) is 2. The Kier molecular flexibility index (Phi) is 6.24. The standard InChI is InChI=1S/C16H14N8O7/c25-14(10-2-1-3-11(8-10)23(27)28)17-5-6-18-15(26)16-19-12(21-31-16)9-22-7-4-13(20-22)24(29)30/h1-4,7-8H,5-6,9H2,(H,17,25)(H,18,26). The number of aromatic nitrogens is 4. The number of nitro groups is 2. The van der Waals surface area contributed by atoms with Crippen LogP contribution in [0.5, 0.6) is 0 Å². The first-order valence-corrected chi connectivity index (χ1v) is 8.65. The molecule has 0 aliphatic rings. The molecule has 31 heavy (non-hydrogen) atoms. The van der Waals surface area contributed by atoms with Crippen molar-refractivity contribution < 1.29 is 24.0 Å². The fourth-order valence-corrected chi connectivity index (χ4v) is 2.38. The van der Waals surface area contributed by atoms with E-state index < -0.39 is 21.7 Å². The van der Waals surface area contributed by atoms with Crippen LogP contribution >= 0.6 is 0 Å². The Morgan fingerprint density at radius 3 is 2.48 bits per heavy atom. The van der Waals surface area contributed by atoms with Crippen LogP contribution in [0, 0.1) is 20.2 Å². The maximum absolute atomic E-state index is 12.0. The summed E-state index contributed by atoms with van der Waals surface area (Å²) in [5.74, 6) is -1.81. The highest BCUT2D eigenvalue weighted by Crippen LogP contribution is 2.12. The summed E-state index contributed by atoms with van der Waals surface area (Å²) < 4.78 is 6.05. The monoisotopic (exact) mass is 430 g/mol. The van der Waals surface area contributed by atoms with Crippen LogP contribution < -0.4 is 10.6 Å². The van der Waals surface area contributed by atoms with E-state index in [9.17, 15) is 29.8 Å². The quantitative estimate of drug-likeness (QED) is 0.270. The van der Waals surface area contributed by atoms with Gasteiger partial charge in [0, 0.05) is 30.8 Å². The van der Waals surface area contributed by atoms with Gasteiger partial charge in [-0.2, -0.15) is 9.67 Å². The van der Waals surface area contributed by atoms with Crippen LogP contribution in [0.2, 0.25) is 0 Å². The predicted molar refractivity (Wildman–Crippen MR) is 100 cm³/mol. The van der Waals surface area contributed by atoms with Crippen LogP contribution in [0.1, 0.15) is 26.9 Å². The summed E-state index contributed by atoms with van der Waals surface area (Å²) in [4.78, 5) is 48.0. The molecule has 0 bridgehead atoms. The zero-order valence-electron chi connectivity index (χ0n) is 15.6. The number of nitro benzene ring substituents is 1. The molecule has 0 radical (unpaired) electrons. The van der Waals surface area contributed by atoms with Gasteiger partial charge in [0.25, 0.3) is 11.6 Å². The third-order valence-corrected chi connectivity index (χ3v) is 3.79. The van der Waals surface area contributed by atoms with E-state index in [0.29, 0.717) is 0 Å². The largest absolute Gasteiger partial charge is 0.389 e. The Labute approximate surface area is 172 Å². The molecule has 2 N–H and O–H groups in total. The van der Waals surface area contributed by atoms with E-state index in [0.717, 1.165) is 6.07 Å². The van der Waals surface area contributed by atoms with E-state index in [4.69, 9.17) is 4.52 Å². The molecule has 15 heteroatoms. The summed E-state index contributed by atoms with van der Waals surface area (Å²) in [5, 5.41) is 33.6. The molecule has 0 spiro atoms. The summed E-state index contributed by atoms with van der Waals surface area (Å²) >= 11 is 0. The molecule has 0 saturated heterocycles. The van der Waals surface area contributed by atoms with Crippen molar-refractivity contribution in [2.24, 2.45) is 0 Å². The van der Waals surface area contributed by atoms with E-state index in [-0.39, 0.29) is 48.4 Å². The van der Waals surface area contributed by atoms with Gasteiger partial charge in [-0.1, -0.05) is 11.2 Å². The number of rotatable bonds is 9. The Balaban J connectivity index is 1.45. The number of nitrogens with zero attached hydrogens (tertiary/aromatic N) is 6. The minimum absolute atomic E-state index is 0.0303. The van der Waals surface area contributed by atoms with Crippen molar-refractivity contribution in [2.45, 2.75) is 6.54 Å². The van der Waals surface area contributed by atoms with Crippen molar-refractivity contribution in [1.29, 1.82) is 0 Å². The van der Waals surface area contributed by atoms with E-state index in [1.165, 1.54) is 35.1 Å². The van der Waals surface area contributed by atoms with Crippen LogP contribution in [-0.4, -0.2) is 54.7 Å². The molecule has 2 aromatic heterocycles. The van der Waals surface area contributed by atoms with Crippen molar-refractivity contribution >= 4 is 23.3 Å². The van der Waals surface area contributed by atoms with Crippen molar-refractivity contribution in [3.63, 3.8) is 0 Å². The first-order valence-electron chi connectivity index (χ1n) is 8.65. The molecule has 0 unspecified atom stereocenters. The maximum atomic E-state index is 12.0. The molecule has 1 aromatic carbocycles. The minimum atomic E-state index is -0.685. The molecule has 0 fully saturated rings. The second kappa shape index (κ2) is 9.21. The SMILES string of the molecule is O=C(NCCNC(=O)c1nc(Cn2ccc([N+](=O)[O-])n2)no1)c1cccc([N+](=O)[O-])c1. The van der Waals surface area contributed by atoms with Gasteiger partial charge in [-0.15, -0.1) is 0 Å². The first-order chi connectivity index (χ1) is 14.8. The summed E-state index contributed by atoms with van der Waals surface area (Å²) in [6, 6.07) is 6.43. The van der Waals surface area contributed by atoms with Crippen LogP contribution in [-0.2, 0) is 6.54 Å². The fourth-order valence-electron chi connectivity index (χ4n) is 2.38. The summed E-state index contributed by atoms with van der Waals surface area (Å²) in [7, 11) is 0. The van der Waals surface area contributed by atoms with Gasteiger partial charge in [0.05, 0.1) is 22.3 Å². The number of hydrogen-bond donors (Lipinski definition) is 2. The molecular weight excluding hydrogens is 416 g/mol. The van der Waals surface area contributed by atoms with Gasteiger partial charge in [0.15, 0.2) is 5.82 Å². The first kappa shape index (κ1) is 21.0. The second-order valence-corrected chi connectivity index (χ2v) is 5.96. The third-order valence-electron chi connectivity index (χ3n) is 3.79. The number of non-ortho nitro benzene ring substituents is 1. The molecule has 2 amide bonds. The molecular formula is C16H14N8O7. The van der Waals surface area contributed by atoms with Crippen molar-refractivity contribution in [2.75, 3.05) is 13.1 Å². The van der Waals surface area contributed by atoms with Crippen LogP contribution in [0.15, 0.2) is 41.1 Å². The Hall–Kier alpha value is -4.69. The third kappa shape index (κ3) is 5.43. The average molecular weight is 430 g/mol. The molecule has 2 heterocycles. The zero-order chi connectivity index (χ0) is 22.4.